The first-order valence-electron chi connectivity index (χ1n) is 9.61. The summed E-state index contributed by atoms with van der Waals surface area (Å²) < 4.78 is 5.71. The number of ether oxygens (including phenoxy) is 1. The lowest BCUT2D eigenvalue weighted by molar-refractivity contribution is 0.171. The maximum absolute atomic E-state index is 9.43. The topological polar surface area (TPSA) is 32.7 Å². The number of allylic oxidation sites excluding steroid dienone is 6. The summed E-state index contributed by atoms with van der Waals surface area (Å²) in [5.41, 5.74) is 4.22. The molecule has 0 aromatic carbocycles. The summed E-state index contributed by atoms with van der Waals surface area (Å²) in [5.74, 6) is 0.716. The third-order valence-corrected chi connectivity index (χ3v) is 5.67. The van der Waals surface area contributed by atoms with E-state index in [0.717, 1.165) is 12.8 Å². The van der Waals surface area contributed by atoms with Crippen molar-refractivity contribution in [3.8, 4) is 0 Å². The Balaban J connectivity index is 3.08. The molecule has 0 saturated carbocycles. The van der Waals surface area contributed by atoms with Crippen LogP contribution in [-0.4, -0.2) is 29.2 Å². The zero-order chi connectivity index (χ0) is 19.9. The molecule has 1 aliphatic rings. The number of rotatable bonds is 9. The summed E-state index contributed by atoms with van der Waals surface area (Å²) in [5, 5.41) is 9.43. The monoisotopic (exact) mass is 359 g/mol. The minimum atomic E-state index is -0.501. The molecule has 0 aromatic heterocycles. The van der Waals surface area contributed by atoms with E-state index in [-0.39, 0.29) is 5.41 Å². The lowest BCUT2D eigenvalue weighted by atomic mass is 9.59. The number of hydrogen-bond donors (Lipinski definition) is 1. The largest absolute Gasteiger partial charge is 0.470 e. The lowest BCUT2D eigenvalue weighted by Gasteiger charge is -2.50. The summed E-state index contributed by atoms with van der Waals surface area (Å²) in [6, 6.07) is 0.320. The van der Waals surface area contributed by atoms with Gasteiger partial charge < -0.3 is 14.7 Å². The highest BCUT2D eigenvalue weighted by Crippen LogP contribution is 2.52. The molecular weight excluding hydrogens is 322 g/mol. The van der Waals surface area contributed by atoms with Crippen molar-refractivity contribution in [3.05, 3.63) is 59.2 Å². The number of aliphatic hydroxyl groups excluding tert-OH is 1. The first-order chi connectivity index (χ1) is 12.2. The zero-order valence-electron chi connectivity index (χ0n) is 17.8. The Hall–Kier alpha value is -1.74. The van der Waals surface area contributed by atoms with Crippen LogP contribution in [0.3, 0.4) is 0 Å². The normalized spacial score (nSPS) is 24.2. The van der Waals surface area contributed by atoms with Crippen LogP contribution in [-0.2, 0) is 4.74 Å². The van der Waals surface area contributed by atoms with Crippen LogP contribution in [0.5, 0.6) is 0 Å². The lowest BCUT2D eigenvalue weighted by Crippen LogP contribution is -2.48. The van der Waals surface area contributed by atoms with Crippen molar-refractivity contribution < 1.29 is 9.84 Å². The molecule has 3 heteroatoms. The van der Waals surface area contributed by atoms with Crippen LogP contribution in [0, 0.1) is 5.41 Å². The summed E-state index contributed by atoms with van der Waals surface area (Å²) >= 11 is 0. The molecule has 146 valence electrons. The molecule has 0 amide bonds. The van der Waals surface area contributed by atoms with Crippen LogP contribution in [0.15, 0.2) is 59.2 Å². The Morgan fingerprint density at radius 2 is 2.00 bits per heavy atom. The second kappa shape index (κ2) is 9.82. The van der Waals surface area contributed by atoms with Crippen LogP contribution in [0.2, 0.25) is 0 Å². The van der Waals surface area contributed by atoms with E-state index in [1.165, 1.54) is 11.3 Å². The molecule has 0 radical (unpaired) electrons. The van der Waals surface area contributed by atoms with Gasteiger partial charge in [-0.05, 0) is 72.6 Å². The Labute approximate surface area is 160 Å². The van der Waals surface area contributed by atoms with Gasteiger partial charge in [0.2, 0.25) is 0 Å². The SMILES string of the molecule is C/C=C\C=C(/C)N(C)C(C)C1(/C=C/O/C(C)=C\C(C)O)CC(CC)=C1C. The van der Waals surface area contributed by atoms with Crippen molar-refractivity contribution in [3.63, 3.8) is 0 Å². The van der Waals surface area contributed by atoms with Crippen molar-refractivity contribution in [2.45, 2.75) is 73.5 Å². The van der Waals surface area contributed by atoms with Gasteiger partial charge in [-0.1, -0.05) is 30.2 Å². The summed E-state index contributed by atoms with van der Waals surface area (Å²) in [6.45, 7) is 14.5. The Bertz CT molecular complexity index is 622. The van der Waals surface area contributed by atoms with E-state index in [4.69, 9.17) is 4.74 Å². The van der Waals surface area contributed by atoms with Gasteiger partial charge in [-0.15, -0.1) is 0 Å². The molecule has 0 fully saturated rings. The fraction of sp³-hybridized carbons (Fsp3) is 0.565. The number of aliphatic hydroxyl groups is 1. The minimum absolute atomic E-state index is 0.0176. The van der Waals surface area contributed by atoms with Crippen molar-refractivity contribution >= 4 is 0 Å². The Morgan fingerprint density at radius 1 is 1.35 bits per heavy atom. The van der Waals surface area contributed by atoms with Gasteiger partial charge in [0.05, 0.1) is 18.1 Å². The van der Waals surface area contributed by atoms with Gasteiger partial charge in [-0.2, -0.15) is 0 Å². The maximum atomic E-state index is 9.43. The minimum Gasteiger partial charge on any atom is -0.470 e. The zero-order valence-corrected chi connectivity index (χ0v) is 17.8. The predicted octanol–water partition coefficient (Wildman–Crippen LogP) is 5.72. The van der Waals surface area contributed by atoms with E-state index in [9.17, 15) is 5.11 Å². The summed E-state index contributed by atoms with van der Waals surface area (Å²) in [7, 11) is 2.16. The van der Waals surface area contributed by atoms with Gasteiger partial charge in [0, 0.05) is 24.2 Å². The molecule has 0 aliphatic heterocycles. The van der Waals surface area contributed by atoms with Crippen LogP contribution >= 0.6 is 0 Å². The van der Waals surface area contributed by atoms with Gasteiger partial charge in [-0.3, -0.25) is 0 Å². The molecule has 3 nitrogen and oxygen atoms in total. The fourth-order valence-corrected chi connectivity index (χ4v) is 3.66. The van der Waals surface area contributed by atoms with Crippen LogP contribution in [0.1, 0.15) is 61.3 Å². The first kappa shape index (κ1) is 22.3. The van der Waals surface area contributed by atoms with Crippen molar-refractivity contribution in [2.75, 3.05) is 7.05 Å². The van der Waals surface area contributed by atoms with Crippen LogP contribution in [0.4, 0.5) is 0 Å². The van der Waals surface area contributed by atoms with E-state index in [1.807, 2.05) is 19.9 Å². The maximum Gasteiger partial charge on any atom is 0.0986 e. The fourth-order valence-electron chi connectivity index (χ4n) is 3.66. The predicted molar refractivity (Wildman–Crippen MR) is 111 cm³/mol. The average molecular weight is 360 g/mol. The molecule has 0 heterocycles. The van der Waals surface area contributed by atoms with Gasteiger partial charge in [0.15, 0.2) is 0 Å². The average Bonchev–Trinajstić information content (AvgIpc) is 2.59. The molecule has 3 unspecified atom stereocenters. The third-order valence-electron chi connectivity index (χ3n) is 5.67. The van der Waals surface area contributed by atoms with E-state index in [2.05, 4.69) is 57.9 Å². The third kappa shape index (κ3) is 5.14. The highest BCUT2D eigenvalue weighted by atomic mass is 16.5. The Kier molecular flexibility index (Phi) is 8.42. The van der Waals surface area contributed by atoms with Gasteiger partial charge in [-0.25, -0.2) is 0 Å². The van der Waals surface area contributed by atoms with Crippen molar-refractivity contribution in [2.24, 2.45) is 5.41 Å². The Morgan fingerprint density at radius 3 is 2.50 bits per heavy atom. The standard InChI is InChI=1S/C23H37NO2/c1-9-11-12-17(3)24(8)21(7)23(16-22(10-2)20(23)6)13-14-26-19(5)15-18(4)25/h9,11-15,18,21,25H,10,16H2,1-8H3/b11-9-,14-13+,17-12+,19-15-. The molecular formula is C23H37NO2. The van der Waals surface area contributed by atoms with Crippen LogP contribution < -0.4 is 0 Å². The quantitative estimate of drug-likeness (QED) is 0.325. The van der Waals surface area contributed by atoms with Crippen molar-refractivity contribution in [1.29, 1.82) is 0 Å². The second-order valence-electron chi connectivity index (χ2n) is 7.36. The molecule has 26 heavy (non-hydrogen) atoms. The van der Waals surface area contributed by atoms with Gasteiger partial charge in [0.25, 0.3) is 0 Å². The van der Waals surface area contributed by atoms with Gasteiger partial charge >= 0.3 is 0 Å². The van der Waals surface area contributed by atoms with Gasteiger partial charge in [0.1, 0.15) is 0 Å². The molecule has 0 aromatic rings. The summed E-state index contributed by atoms with van der Waals surface area (Å²) in [4.78, 5) is 2.35. The number of nitrogens with zero attached hydrogens (tertiary/aromatic N) is 1. The van der Waals surface area contributed by atoms with Crippen LogP contribution in [0.25, 0.3) is 0 Å². The molecule has 0 bridgehead atoms. The molecule has 3 atom stereocenters. The number of hydrogen-bond acceptors (Lipinski definition) is 3. The van der Waals surface area contributed by atoms with E-state index in [0.29, 0.717) is 11.8 Å². The smallest absolute Gasteiger partial charge is 0.0986 e. The van der Waals surface area contributed by atoms with Crippen molar-refractivity contribution in [1.82, 2.24) is 4.90 Å². The second-order valence-corrected chi connectivity index (χ2v) is 7.36. The molecule has 0 spiro atoms. The highest BCUT2D eigenvalue weighted by molar-refractivity contribution is 5.40. The van der Waals surface area contributed by atoms with E-state index >= 15 is 0 Å². The molecule has 0 saturated heterocycles. The molecule has 1 rings (SSSR count). The first-order valence-corrected chi connectivity index (χ1v) is 9.61. The van der Waals surface area contributed by atoms with E-state index in [1.54, 1.807) is 24.8 Å². The molecule has 1 aliphatic carbocycles. The van der Waals surface area contributed by atoms with E-state index < -0.39 is 6.10 Å². The summed E-state index contributed by atoms with van der Waals surface area (Å²) in [6.07, 6.45) is 13.6. The molecule has 1 N–H and O–H groups in total. The highest BCUT2D eigenvalue weighted by Gasteiger charge is 2.45.